The summed E-state index contributed by atoms with van der Waals surface area (Å²) in [6.07, 6.45) is 0. The average molecular weight is 346 g/mol. The van der Waals surface area contributed by atoms with Gasteiger partial charge in [0.05, 0.1) is 18.0 Å². The Morgan fingerprint density at radius 2 is 2.17 bits per heavy atom. The van der Waals surface area contributed by atoms with Crippen LogP contribution in [-0.4, -0.2) is 42.1 Å². The molecule has 3 amide bonds. The molecule has 0 spiro atoms. The quantitative estimate of drug-likeness (QED) is 0.784. The molecule has 1 aliphatic heterocycles. The molecule has 0 saturated carbocycles. The number of aromatic nitrogens is 1. The van der Waals surface area contributed by atoms with E-state index in [0.29, 0.717) is 37.1 Å². The number of ether oxygens (including phenoxy) is 1. The minimum Gasteiger partial charge on any atom is -0.383 e. The topological polar surface area (TPSA) is 83.6 Å². The fourth-order valence-corrected chi connectivity index (χ4v) is 3.38. The molecule has 2 heterocycles. The second kappa shape index (κ2) is 7.41. The van der Waals surface area contributed by atoms with Gasteiger partial charge in [-0.25, -0.2) is 9.78 Å². The van der Waals surface area contributed by atoms with Gasteiger partial charge in [0.15, 0.2) is 5.13 Å². The van der Waals surface area contributed by atoms with Crippen LogP contribution in [0.1, 0.15) is 20.9 Å². The van der Waals surface area contributed by atoms with Crippen molar-refractivity contribution in [3.63, 3.8) is 0 Å². The summed E-state index contributed by atoms with van der Waals surface area (Å²) in [6, 6.07) is 9.48. The summed E-state index contributed by atoms with van der Waals surface area (Å²) in [5, 5.41) is 5.73. The molecule has 126 valence electrons. The van der Waals surface area contributed by atoms with Crippen LogP contribution in [0.5, 0.6) is 0 Å². The summed E-state index contributed by atoms with van der Waals surface area (Å²) < 4.78 is 4.86. The largest absolute Gasteiger partial charge is 0.383 e. The SMILES string of the molecule is COCCNC(=O)Nc1nc2c(s1)CN(Cc1ccccc1)C2=O. The van der Waals surface area contributed by atoms with Crippen LogP contribution in [0.4, 0.5) is 9.93 Å². The van der Waals surface area contributed by atoms with E-state index in [1.165, 1.54) is 11.3 Å². The first kappa shape index (κ1) is 16.4. The molecule has 1 aromatic carbocycles. The lowest BCUT2D eigenvalue weighted by atomic mass is 10.2. The van der Waals surface area contributed by atoms with Gasteiger partial charge in [0.2, 0.25) is 0 Å². The Kier molecular flexibility index (Phi) is 5.07. The molecule has 8 heteroatoms. The van der Waals surface area contributed by atoms with E-state index >= 15 is 0 Å². The first-order valence-electron chi connectivity index (χ1n) is 7.54. The second-order valence-corrected chi connectivity index (χ2v) is 6.39. The highest BCUT2D eigenvalue weighted by Gasteiger charge is 2.31. The zero-order valence-electron chi connectivity index (χ0n) is 13.2. The van der Waals surface area contributed by atoms with E-state index in [0.717, 1.165) is 10.4 Å². The highest BCUT2D eigenvalue weighted by atomic mass is 32.1. The minimum absolute atomic E-state index is 0.0991. The number of thiazole rings is 1. The van der Waals surface area contributed by atoms with Gasteiger partial charge in [-0.3, -0.25) is 10.1 Å². The molecule has 0 atom stereocenters. The van der Waals surface area contributed by atoms with E-state index in [2.05, 4.69) is 15.6 Å². The first-order valence-corrected chi connectivity index (χ1v) is 8.35. The number of hydrogen-bond donors (Lipinski definition) is 2. The van der Waals surface area contributed by atoms with Gasteiger partial charge in [0.1, 0.15) is 5.69 Å². The molecule has 0 radical (unpaired) electrons. The summed E-state index contributed by atoms with van der Waals surface area (Å²) in [6.45, 7) is 1.93. The molecule has 3 rings (SSSR count). The number of nitrogens with zero attached hydrogens (tertiary/aromatic N) is 2. The summed E-state index contributed by atoms with van der Waals surface area (Å²) in [5.41, 5.74) is 1.51. The number of urea groups is 1. The Balaban J connectivity index is 1.59. The first-order chi connectivity index (χ1) is 11.7. The number of methoxy groups -OCH3 is 1. The number of fused-ring (bicyclic) bond motifs is 1. The maximum absolute atomic E-state index is 12.4. The van der Waals surface area contributed by atoms with Gasteiger partial charge in [-0.15, -0.1) is 0 Å². The molecule has 0 saturated heterocycles. The third kappa shape index (κ3) is 3.72. The molecule has 0 bridgehead atoms. The lowest BCUT2D eigenvalue weighted by molar-refractivity contribution is 0.0762. The maximum Gasteiger partial charge on any atom is 0.321 e. The molecular weight excluding hydrogens is 328 g/mol. The van der Waals surface area contributed by atoms with Crippen LogP contribution in [0.15, 0.2) is 30.3 Å². The molecule has 0 unspecified atom stereocenters. The average Bonchev–Trinajstić information content (AvgIpc) is 3.08. The number of benzene rings is 1. The van der Waals surface area contributed by atoms with Gasteiger partial charge >= 0.3 is 6.03 Å². The molecule has 24 heavy (non-hydrogen) atoms. The molecular formula is C16H18N4O3S. The van der Waals surface area contributed by atoms with Gasteiger partial charge in [0, 0.05) is 20.2 Å². The van der Waals surface area contributed by atoms with Crippen molar-refractivity contribution in [2.24, 2.45) is 0 Å². The molecule has 2 aromatic rings. The van der Waals surface area contributed by atoms with Crippen molar-refractivity contribution in [1.29, 1.82) is 0 Å². The third-order valence-corrected chi connectivity index (χ3v) is 4.51. The molecule has 0 fully saturated rings. The smallest absolute Gasteiger partial charge is 0.321 e. The van der Waals surface area contributed by atoms with E-state index in [-0.39, 0.29) is 11.9 Å². The molecule has 7 nitrogen and oxygen atoms in total. The predicted octanol–water partition coefficient (Wildman–Crippen LogP) is 2.07. The Labute approximate surface area is 143 Å². The van der Waals surface area contributed by atoms with Crippen LogP contribution in [0.3, 0.4) is 0 Å². The molecule has 0 aliphatic carbocycles. The number of rotatable bonds is 6. The number of hydrogen-bond acceptors (Lipinski definition) is 5. The van der Waals surface area contributed by atoms with Crippen LogP contribution in [0, 0.1) is 0 Å². The number of nitrogens with one attached hydrogen (secondary N) is 2. The fourth-order valence-electron chi connectivity index (χ4n) is 2.41. The van der Waals surface area contributed by atoms with E-state index in [4.69, 9.17) is 4.74 Å². The Morgan fingerprint density at radius 3 is 2.88 bits per heavy atom. The van der Waals surface area contributed by atoms with Crippen molar-refractivity contribution in [3.8, 4) is 0 Å². The summed E-state index contributed by atoms with van der Waals surface area (Å²) in [5.74, 6) is -0.0991. The lowest BCUT2D eigenvalue weighted by Crippen LogP contribution is -2.31. The van der Waals surface area contributed by atoms with Gasteiger partial charge in [-0.2, -0.15) is 0 Å². The zero-order chi connectivity index (χ0) is 16.9. The second-order valence-electron chi connectivity index (χ2n) is 5.31. The van der Waals surface area contributed by atoms with Gasteiger partial charge in [-0.1, -0.05) is 41.7 Å². The van der Waals surface area contributed by atoms with E-state index in [1.54, 1.807) is 12.0 Å². The van der Waals surface area contributed by atoms with Crippen molar-refractivity contribution < 1.29 is 14.3 Å². The molecule has 1 aliphatic rings. The van der Waals surface area contributed by atoms with E-state index in [1.807, 2.05) is 30.3 Å². The van der Waals surface area contributed by atoms with E-state index < -0.39 is 0 Å². The van der Waals surface area contributed by atoms with Crippen LogP contribution >= 0.6 is 11.3 Å². The highest BCUT2D eigenvalue weighted by Crippen LogP contribution is 2.31. The van der Waals surface area contributed by atoms with Crippen molar-refractivity contribution in [2.75, 3.05) is 25.6 Å². The van der Waals surface area contributed by atoms with Gasteiger partial charge in [0.25, 0.3) is 5.91 Å². The van der Waals surface area contributed by atoms with Crippen LogP contribution in [0.2, 0.25) is 0 Å². The van der Waals surface area contributed by atoms with Crippen molar-refractivity contribution in [3.05, 3.63) is 46.5 Å². The highest BCUT2D eigenvalue weighted by molar-refractivity contribution is 7.16. The Morgan fingerprint density at radius 1 is 1.38 bits per heavy atom. The van der Waals surface area contributed by atoms with Crippen molar-refractivity contribution >= 4 is 28.4 Å². The maximum atomic E-state index is 12.4. The summed E-state index contributed by atoms with van der Waals surface area (Å²) in [4.78, 5) is 31.0. The monoisotopic (exact) mass is 346 g/mol. The third-order valence-electron chi connectivity index (χ3n) is 3.55. The summed E-state index contributed by atoms with van der Waals surface area (Å²) >= 11 is 1.33. The minimum atomic E-state index is -0.354. The van der Waals surface area contributed by atoms with Gasteiger partial charge in [-0.05, 0) is 5.56 Å². The Hall–Kier alpha value is -2.45. The van der Waals surface area contributed by atoms with Crippen LogP contribution in [0.25, 0.3) is 0 Å². The van der Waals surface area contributed by atoms with E-state index in [9.17, 15) is 9.59 Å². The van der Waals surface area contributed by atoms with Crippen LogP contribution < -0.4 is 10.6 Å². The number of carbonyl (C=O) groups excluding carboxylic acids is 2. The van der Waals surface area contributed by atoms with Crippen LogP contribution in [-0.2, 0) is 17.8 Å². The summed E-state index contributed by atoms with van der Waals surface area (Å²) in [7, 11) is 1.57. The predicted molar refractivity (Wildman–Crippen MR) is 91.0 cm³/mol. The Bertz CT molecular complexity index is 732. The number of anilines is 1. The normalized spacial score (nSPS) is 13.0. The van der Waals surface area contributed by atoms with Gasteiger partial charge < -0.3 is 15.0 Å². The van der Waals surface area contributed by atoms with Crippen molar-refractivity contribution in [1.82, 2.24) is 15.2 Å². The van der Waals surface area contributed by atoms with Crippen molar-refractivity contribution in [2.45, 2.75) is 13.1 Å². The lowest BCUT2D eigenvalue weighted by Gasteiger charge is -2.15. The molecule has 1 aromatic heterocycles. The standard InChI is InChI=1S/C16H18N4O3S/c1-23-8-7-17-15(22)19-16-18-13-12(24-16)10-20(14(13)21)9-11-5-3-2-4-6-11/h2-6H,7-10H2,1H3,(H2,17,18,19,22). The number of carbonyl (C=O) groups is 2. The molecule has 2 N–H and O–H groups in total. The zero-order valence-corrected chi connectivity index (χ0v) is 14.1. The number of amides is 3. The fraction of sp³-hybridized carbons (Fsp3) is 0.312.